The normalized spacial score (nSPS) is 16.4. The number of fused-ring (bicyclic) bond motifs is 1. The van der Waals surface area contributed by atoms with E-state index >= 15 is 0 Å². The summed E-state index contributed by atoms with van der Waals surface area (Å²) in [6.07, 6.45) is 4.77. The van der Waals surface area contributed by atoms with E-state index in [1.165, 1.54) is 0 Å². The molecular formula is C35H42N2O7S. The molecule has 3 aromatic rings. The Bertz CT molecular complexity index is 1580. The molecule has 3 aromatic carbocycles. The summed E-state index contributed by atoms with van der Waals surface area (Å²) in [5.74, 6) is 1.15. The van der Waals surface area contributed by atoms with Crippen molar-refractivity contribution < 1.29 is 32.2 Å². The van der Waals surface area contributed by atoms with Crippen LogP contribution in [0.3, 0.4) is 0 Å². The summed E-state index contributed by atoms with van der Waals surface area (Å²) >= 11 is 0. The summed E-state index contributed by atoms with van der Waals surface area (Å²) in [5, 5.41) is 2.94. The van der Waals surface area contributed by atoms with Crippen LogP contribution in [0.2, 0.25) is 0 Å². The first kappa shape index (κ1) is 32.7. The highest BCUT2D eigenvalue weighted by molar-refractivity contribution is 7.91. The Morgan fingerprint density at radius 3 is 2.49 bits per heavy atom. The summed E-state index contributed by atoms with van der Waals surface area (Å²) in [7, 11) is -1.46. The Morgan fingerprint density at radius 2 is 1.71 bits per heavy atom. The third-order valence-electron chi connectivity index (χ3n) is 7.92. The SMILES string of the molecule is CCCOCCOc1cccc(Oc2ccc3c(c2)C=C(C(=O)Nc2ccc(CN(C)C4CCOCC4)cc2)CCS3(=O)=O)c1. The average molecular weight is 635 g/mol. The summed E-state index contributed by atoms with van der Waals surface area (Å²) in [5.41, 5.74) is 2.61. The lowest BCUT2D eigenvalue weighted by Gasteiger charge is -2.31. The second-order valence-electron chi connectivity index (χ2n) is 11.4. The Balaban J connectivity index is 1.25. The summed E-state index contributed by atoms with van der Waals surface area (Å²) in [6.45, 7) is 6.09. The van der Waals surface area contributed by atoms with E-state index in [-0.39, 0.29) is 23.0 Å². The van der Waals surface area contributed by atoms with Crippen LogP contribution in [0.25, 0.3) is 6.08 Å². The number of ether oxygens (including phenoxy) is 4. The van der Waals surface area contributed by atoms with Gasteiger partial charge in [-0.3, -0.25) is 9.69 Å². The fourth-order valence-electron chi connectivity index (χ4n) is 5.46. The molecule has 0 unspecified atom stereocenters. The van der Waals surface area contributed by atoms with E-state index in [1.807, 2.05) is 36.4 Å². The molecule has 0 aliphatic carbocycles. The van der Waals surface area contributed by atoms with Crippen LogP contribution < -0.4 is 14.8 Å². The van der Waals surface area contributed by atoms with E-state index in [4.69, 9.17) is 18.9 Å². The number of carbonyl (C=O) groups excluding carboxylic acids is 1. The molecule has 1 N–H and O–H groups in total. The summed E-state index contributed by atoms with van der Waals surface area (Å²) in [4.78, 5) is 15.8. The van der Waals surface area contributed by atoms with Gasteiger partial charge < -0.3 is 24.3 Å². The molecule has 10 heteroatoms. The van der Waals surface area contributed by atoms with Crippen LogP contribution in [0.15, 0.2) is 77.2 Å². The maximum atomic E-state index is 13.3. The standard InChI is InChI=1S/C35H42N2O7S/c1-3-16-41-19-20-43-31-5-4-6-32(24-31)44-33-11-12-34-28(23-33)22-27(15-21-45(34,39)40)35(38)36-29-9-7-26(8-10-29)25-37(2)30-13-17-42-18-14-30/h4-12,22-24,30H,3,13-21,25H2,1-2H3,(H,36,38). The number of amides is 1. The van der Waals surface area contributed by atoms with E-state index in [0.717, 1.165) is 44.6 Å². The first-order chi connectivity index (χ1) is 21.8. The van der Waals surface area contributed by atoms with Gasteiger partial charge in [-0.15, -0.1) is 0 Å². The minimum atomic E-state index is -3.59. The zero-order chi connectivity index (χ0) is 31.6. The third kappa shape index (κ3) is 9.17. The maximum absolute atomic E-state index is 13.3. The molecule has 0 radical (unpaired) electrons. The van der Waals surface area contributed by atoms with Crippen molar-refractivity contribution in [3.63, 3.8) is 0 Å². The molecular weight excluding hydrogens is 592 g/mol. The lowest BCUT2D eigenvalue weighted by Crippen LogP contribution is -2.36. The Kier molecular flexibility index (Phi) is 11.3. The number of sulfone groups is 1. The van der Waals surface area contributed by atoms with Gasteiger partial charge in [0.15, 0.2) is 9.84 Å². The van der Waals surface area contributed by atoms with Gasteiger partial charge in [0.05, 0.1) is 17.3 Å². The lowest BCUT2D eigenvalue weighted by atomic mass is 10.1. The number of benzene rings is 3. The largest absolute Gasteiger partial charge is 0.491 e. The molecule has 2 aliphatic rings. The van der Waals surface area contributed by atoms with Gasteiger partial charge in [0.25, 0.3) is 5.91 Å². The van der Waals surface area contributed by atoms with E-state index in [9.17, 15) is 13.2 Å². The molecule has 0 aromatic heterocycles. The first-order valence-corrected chi connectivity index (χ1v) is 17.2. The van der Waals surface area contributed by atoms with Crippen molar-refractivity contribution in [3.05, 3.63) is 83.4 Å². The zero-order valence-corrected chi connectivity index (χ0v) is 26.8. The second kappa shape index (κ2) is 15.5. The molecule has 0 spiro atoms. The van der Waals surface area contributed by atoms with Crippen molar-refractivity contribution in [2.45, 2.75) is 50.1 Å². The highest BCUT2D eigenvalue weighted by Crippen LogP contribution is 2.32. The molecule has 5 rings (SSSR count). The number of nitrogens with zero attached hydrogens (tertiary/aromatic N) is 1. The topological polar surface area (TPSA) is 103 Å². The maximum Gasteiger partial charge on any atom is 0.251 e. The van der Waals surface area contributed by atoms with Gasteiger partial charge in [-0.1, -0.05) is 25.1 Å². The van der Waals surface area contributed by atoms with Gasteiger partial charge in [0.1, 0.15) is 23.9 Å². The lowest BCUT2D eigenvalue weighted by molar-refractivity contribution is -0.112. The number of hydrogen-bond donors (Lipinski definition) is 1. The third-order valence-corrected chi connectivity index (χ3v) is 9.71. The van der Waals surface area contributed by atoms with Crippen LogP contribution in [0.4, 0.5) is 5.69 Å². The Hall–Kier alpha value is -3.70. The van der Waals surface area contributed by atoms with Crippen molar-refractivity contribution >= 4 is 27.5 Å². The van der Waals surface area contributed by atoms with Crippen LogP contribution in [-0.4, -0.2) is 71.1 Å². The summed E-state index contributed by atoms with van der Waals surface area (Å²) in [6, 6.07) is 20.3. The molecule has 1 amide bonds. The van der Waals surface area contributed by atoms with Crippen LogP contribution in [0.1, 0.15) is 43.7 Å². The highest BCUT2D eigenvalue weighted by atomic mass is 32.2. The monoisotopic (exact) mass is 634 g/mol. The number of carbonyl (C=O) groups is 1. The molecule has 0 bridgehead atoms. The molecule has 2 aliphatic heterocycles. The molecule has 240 valence electrons. The Labute approximate surface area is 266 Å². The van der Waals surface area contributed by atoms with E-state index in [1.54, 1.807) is 36.4 Å². The minimum Gasteiger partial charge on any atom is -0.491 e. The van der Waals surface area contributed by atoms with Crippen molar-refractivity contribution in [2.24, 2.45) is 0 Å². The van der Waals surface area contributed by atoms with Gasteiger partial charge in [0, 0.05) is 49.7 Å². The molecule has 0 saturated carbocycles. The number of anilines is 1. The number of hydrogen-bond acceptors (Lipinski definition) is 8. The van der Waals surface area contributed by atoms with Gasteiger partial charge in [0.2, 0.25) is 0 Å². The highest BCUT2D eigenvalue weighted by Gasteiger charge is 2.25. The van der Waals surface area contributed by atoms with Gasteiger partial charge in [-0.25, -0.2) is 8.42 Å². The fourth-order valence-corrected chi connectivity index (χ4v) is 6.92. The van der Waals surface area contributed by atoms with E-state index in [0.29, 0.717) is 59.9 Å². The predicted octanol–water partition coefficient (Wildman–Crippen LogP) is 6.09. The van der Waals surface area contributed by atoms with Crippen molar-refractivity contribution in [1.29, 1.82) is 0 Å². The molecule has 1 saturated heterocycles. The van der Waals surface area contributed by atoms with Crippen LogP contribution in [-0.2, 0) is 30.7 Å². The predicted molar refractivity (Wildman–Crippen MR) is 175 cm³/mol. The van der Waals surface area contributed by atoms with E-state index in [2.05, 4.69) is 24.2 Å². The van der Waals surface area contributed by atoms with Crippen molar-refractivity contribution in [2.75, 3.05) is 51.2 Å². The molecule has 2 heterocycles. The molecule has 1 fully saturated rings. The smallest absolute Gasteiger partial charge is 0.251 e. The van der Waals surface area contributed by atoms with Gasteiger partial charge in [-0.2, -0.15) is 0 Å². The quantitative estimate of drug-likeness (QED) is 0.225. The van der Waals surface area contributed by atoms with Gasteiger partial charge in [-0.05, 0) is 92.4 Å². The molecule has 9 nitrogen and oxygen atoms in total. The second-order valence-corrected chi connectivity index (χ2v) is 13.5. The zero-order valence-electron chi connectivity index (χ0n) is 26.0. The van der Waals surface area contributed by atoms with E-state index < -0.39 is 9.84 Å². The van der Waals surface area contributed by atoms with Gasteiger partial charge >= 0.3 is 0 Å². The van der Waals surface area contributed by atoms with Crippen LogP contribution in [0, 0.1) is 0 Å². The Morgan fingerprint density at radius 1 is 0.956 bits per heavy atom. The first-order valence-electron chi connectivity index (χ1n) is 15.5. The van der Waals surface area contributed by atoms with Crippen LogP contribution in [0.5, 0.6) is 17.2 Å². The molecule has 0 atom stereocenters. The summed E-state index contributed by atoms with van der Waals surface area (Å²) < 4.78 is 48.9. The van der Waals surface area contributed by atoms with Crippen molar-refractivity contribution in [1.82, 2.24) is 4.90 Å². The van der Waals surface area contributed by atoms with Crippen LogP contribution >= 0.6 is 0 Å². The minimum absolute atomic E-state index is 0.106. The number of nitrogens with one attached hydrogen (secondary N) is 1. The molecule has 45 heavy (non-hydrogen) atoms. The average Bonchev–Trinajstić information content (AvgIpc) is 3.17. The number of rotatable bonds is 13. The van der Waals surface area contributed by atoms with Crippen molar-refractivity contribution in [3.8, 4) is 17.2 Å². The fraction of sp³-hybridized carbons (Fsp3) is 0.400.